The van der Waals surface area contributed by atoms with Crippen LogP contribution < -0.4 is 10.1 Å². The lowest BCUT2D eigenvalue weighted by molar-refractivity contribution is -0.115. The molecule has 5 nitrogen and oxygen atoms in total. The number of rotatable bonds is 2. The molecule has 2 aromatic rings. The largest absolute Gasteiger partial charge is 0.497 e. The van der Waals surface area contributed by atoms with Crippen LogP contribution in [-0.4, -0.2) is 23.2 Å². The molecule has 2 heterocycles. The fourth-order valence-corrected chi connectivity index (χ4v) is 2.64. The van der Waals surface area contributed by atoms with Crippen LogP contribution in [0.3, 0.4) is 0 Å². The van der Waals surface area contributed by atoms with Crippen LogP contribution >= 0.6 is 11.8 Å². The Morgan fingerprint density at radius 2 is 2.26 bits per heavy atom. The Morgan fingerprint density at radius 3 is 2.95 bits per heavy atom. The van der Waals surface area contributed by atoms with E-state index in [1.54, 1.807) is 13.2 Å². The number of hydrogen-bond donors (Lipinski definition) is 3. The molecule has 0 radical (unpaired) electrons. The fourth-order valence-electron chi connectivity index (χ4n) is 1.95. The zero-order valence-electron chi connectivity index (χ0n) is 10.1. The molecule has 1 aliphatic rings. The van der Waals surface area contributed by atoms with Crippen LogP contribution in [0.2, 0.25) is 0 Å². The summed E-state index contributed by atoms with van der Waals surface area (Å²) in [6, 6.07) is 5.73. The molecule has 0 atom stereocenters. The summed E-state index contributed by atoms with van der Waals surface area (Å²) in [5.41, 5.74) is 1.88. The molecular formula is C13H11N3O2S. The van der Waals surface area contributed by atoms with Gasteiger partial charge in [0.25, 0.3) is 5.91 Å². The minimum Gasteiger partial charge on any atom is -0.497 e. The number of fused-ring (bicyclic) bond motifs is 1. The molecule has 1 fully saturated rings. The summed E-state index contributed by atoms with van der Waals surface area (Å²) in [6.45, 7) is 0. The van der Waals surface area contributed by atoms with Gasteiger partial charge in [0.2, 0.25) is 0 Å². The van der Waals surface area contributed by atoms with Crippen molar-refractivity contribution in [1.29, 1.82) is 5.41 Å². The second-order valence-corrected chi connectivity index (χ2v) is 5.10. The van der Waals surface area contributed by atoms with E-state index in [0.29, 0.717) is 4.91 Å². The van der Waals surface area contributed by atoms with Crippen LogP contribution in [-0.2, 0) is 4.79 Å². The second kappa shape index (κ2) is 4.47. The maximum absolute atomic E-state index is 11.6. The predicted octanol–water partition coefficient (Wildman–Crippen LogP) is 2.32. The molecule has 0 unspecified atom stereocenters. The Kier molecular flexibility index (Phi) is 2.79. The van der Waals surface area contributed by atoms with E-state index in [1.165, 1.54) is 0 Å². The number of benzene rings is 1. The van der Waals surface area contributed by atoms with Gasteiger partial charge < -0.3 is 15.0 Å². The van der Waals surface area contributed by atoms with Crippen molar-refractivity contribution >= 4 is 39.8 Å². The van der Waals surface area contributed by atoms with Crippen molar-refractivity contribution in [2.24, 2.45) is 0 Å². The number of aromatic nitrogens is 1. The highest BCUT2D eigenvalue weighted by atomic mass is 32.2. The van der Waals surface area contributed by atoms with Crippen molar-refractivity contribution in [3.63, 3.8) is 0 Å². The van der Waals surface area contributed by atoms with Gasteiger partial charge >= 0.3 is 0 Å². The van der Waals surface area contributed by atoms with E-state index in [2.05, 4.69) is 10.3 Å². The smallest absolute Gasteiger partial charge is 0.264 e. The number of carbonyl (C=O) groups excluding carboxylic acids is 1. The number of ether oxygens (including phenoxy) is 1. The maximum atomic E-state index is 11.6. The number of nitrogens with one attached hydrogen (secondary N) is 3. The maximum Gasteiger partial charge on any atom is 0.264 e. The third-order valence-electron chi connectivity index (χ3n) is 2.87. The van der Waals surface area contributed by atoms with Crippen molar-refractivity contribution in [3.05, 3.63) is 34.9 Å². The van der Waals surface area contributed by atoms with Crippen molar-refractivity contribution in [2.75, 3.05) is 7.11 Å². The lowest BCUT2D eigenvalue weighted by atomic mass is 10.1. The molecule has 0 bridgehead atoms. The van der Waals surface area contributed by atoms with Gasteiger partial charge in [-0.3, -0.25) is 10.2 Å². The molecule has 3 N–H and O–H groups in total. The van der Waals surface area contributed by atoms with E-state index < -0.39 is 0 Å². The molecule has 0 saturated carbocycles. The van der Waals surface area contributed by atoms with Crippen LogP contribution in [0.15, 0.2) is 29.3 Å². The molecule has 1 aromatic heterocycles. The zero-order valence-corrected chi connectivity index (χ0v) is 10.9. The average Bonchev–Trinajstić information content (AvgIpc) is 2.93. The molecular weight excluding hydrogens is 262 g/mol. The van der Waals surface area contributed by atoms with Crippen LogP contribution in [0.4, 0.5) is 0 Å². The molecule has 0 spiro atoms. The molecule has 1 aromatic carbocycles. The van der Waals surface area contributed by atoms with Crippen molar-refractivity contribution < 1.29 is 9.53 Å². The van der Waals surface area contributed by atoms with Crippen molar-refractivity contribution in [3.8, 4) is 5.75 Å². The van der Waals surface area contributed by atoms with Gasteiger partial charge in [0.1, 0.15) is 5.75 Å². The number of amidine groups is 1. The lowest BCUT2D eigenvalue weighted by Gasteiger charge is -1.99. The van der Waals surface area contributed by atoms with Gasteiger partial charge in [0, 0.05) is 22.7 Å². The Morgan fingerprint density at radius 1 is 1.42 bits per heavy atom. The zero-order chi connectivity index (χ0) is 13.4. The number of carbonyl (C=O) groups is 1. The first-order valence-electron chi connectivity index (χ1n) is 5.62. The molecule has 1 saturated heterocycles. The highest BCUT2D eigenvalue weighted by Gasteiger charge is 2.22. The second-order valence-electron chi connectivity index (χ2n) is 4.05. The van der Waals surface area contributed by atoms with Gasteiger partial charge in [-0.25, -0.2) is 0 Å². The summed E-state index contributed by atoms with van der Waals surface area (Å²) in [6.07, 6.45) is 3.62. The normalized spacial score (nSPS) is 17.2. The third kappa shape index (κ3) is 2.10. The average molecular weight is 273 g/mol. The lowest BCUT2D eigenvalue weighted by Crippen LogP contribution is -2.18. The van der Waals surface area contributed by atoms with Gasteiger partial charge in [0.15, 0.2) is 5.17 Å². The van der Waals surface area contributed by atoms with Crippen LogP contribution in [0.1, 0.15) is 5.56 Å². The van der Waals surface area contributed by atoms with E-state index in [0.717, 1.165) is 34.0 Å². The van der Waals surface area contributed by atoms with Gasteiger partial charge in [-0.05, 0) is 36.0 Å². The summed E-state index contributed by atoms with van der Waals surface area (Å²) in [5.74, 6) is 0.537. The number of aromatic amines is 1. The Hall–Kier alpha value is -2.21. The highest BCUT2D eigenvalue weighted by molar-refractivity contribution is 8.18. The first-order valence-corrected chi connectivity index (χ1v) is 6.43. The topological polar surface area (TPSA) is 78.0 Å². The minimum atomic E-state index is -0.229. The molecule has 1 aliphatic heterocycles. The molecule has 3 rings (SSSR count). The summed E-state index contributed by atoms with van der Waals surface area (Å²) in [5, 5.41) is 11.0. The minimum absolute atomic E-state index is 0.161. The standard InChI is InChI=1S/C13H11N3O2S/c1-18-8-2-3-10-9(5-8)7(6-15-10)4-11-12(17)16-13(14)19-11/h2-6,15H,1H3,(H2,14,16,17)/b11-4+. The molecule has 0 aliphatic carbocycles. The Labute approximate surface area is 113 Å². The van der Waals surface area contributed by atoms with E-state index in [-0.39, 0.29) is 11.1 Å². The predicted molar refractivity (Wildman–Crippen MR) is 76.3 cm³/mol. The fraction of sp³-hybridized carbons (Fsp3) is 0.0769. The first-order chi connectivity index (χ1) is 9.17. The van der Waals surface area contributed by atoms with E-state index in [9.17, 15) is 4.79 Å². The van der Waals surface area contributed by atoms with Gasteiger partial charge in [-0.1, -0.05) is 0 Å². The van der Waals surface area contributed by atoms with E-state index in [1.807, 2.05) is 24.4 Å². The molecule has 6 heteroatoms. The molecule has 1 amide bonds. The first kappa shape index (κ1) is 11.9. The third-order valence-corrected chi connectivity index (χ3v) is 3.70. The van der Waals surface area contributed by atoms with Gasteiger partial charge in [-0.2, -0.15) is 0 Å². The number of methoxy groups -OCH3 is 1. The number of hydrogen-bond acceptors (Lipinski definition) is 4. The number of H-pyrrole nitrogens is 1. The van der Waals surface area contributed by atoms with Gasteiger partial charge in [-0.15, -0.1) is 0 Å². The summed E-state index contributed by atoms with van der Waals surface area (Å²) in [7, 11) is 1.62. The summed E-state index contributed by atoms with van der Waals surface area (Å²) < 4.78 is 5.20. The monoisotopic (exact) mass is 273 g/mol. The van der Waals surface area contributed by atoms with Crippen LogP contribution in [0.25, 0.3) is 17.0 Å². The van der Waals surface area contributed by atoms with E-state index >= 15 is 0 Å². The number of amides is 1. The molecule has 19 heavy (non-hydrogen) atoms. The molecule has 96 valence electrons. The van der Waals surface area contributed by atoms with Crippen molar-refractivity contribution in [1.82, 2.24) is 10.3 Å². The van der Waals surface area contributed by atoms with Gasteiger partial charge in [0.05, 0.1) is 12.0 Å². The van der Waals surface area contributed by atoms with Crippen LogP contribution in [0, 0.1) is 5.41 Å². The van der Waals surface area contributed by atoms with E-state index in [4.69, 9.17) is 10.1 Å². The van der Waals surface area contributed by atoms with Crippen LogP contribution in [0.5, 0.6) is 5.75 Å². The summed E-state index contributed by atoms with van der Waals surface area (Å²) in [4.78, 5) is 15.3. The quantitative estimate of drug-likeness (QED) is 0.735. The van der Waals surface area contributed by atoms with Crippen molar-refractivity contribution in [2.45, 2.75) is 0 Å². The summed E-state index contributed by atoms with van der Waals surface area (Å²) >= 11 is 1.13. The number of thioether (sulfide) groups is 1. The Balaban J connectivity index is 2.08. The highest BCUT2D eigenvalue weighted by Crippen LogP contribution is 2.29. The Bertz CT molecular complexity index is 718. The SMILES string of the molecule is COc1ccc2[nH]cc(/C=C3/SC(=N)NC3=O)c2c1.